The summed E-state index contributed by atoms with van der Waals surface area (Å²) in [6, 6.07) is 18.7. The number of fused-ring (bicyclic) bond motifs is 1. The number of amides is 1. The van der Waals surface area contributed by atoms with E-state index in [1.807, 2.05) is 37.3 Å². The van der Waals surface area contributed by atoms with Crippen LogP contribution in [0.3, 0.4) is 0 Å². The van der Waals surface area contributed by atoms with Gasteiger partial charge in [0.1, 0.15) is 5.75 Å². The number of allylic oxidation sites excluding steroid dienone is 2. The Balaban J connectivity index is 1.70. The SMILES string of the molecule is CCN1/C(=C\C=N\NC(=O)c2ccccc2)C(C)(Cc2ccc(F)c(F)c2)c2cc(OC)ccc21. The van der Waals surface area contributed by atoms with Crippen LogP contribution in [0.25, 0.3) is 0 Å². The Morgan fingerprint density at radius 1 is 1.09 bits per heavy atom. The minimum absolute atomic E-state index is 0.309. The summed E-state index contributed by atoms with van der Waals surface area (Å²) in [7, 11) is 1.61. The molecule has 4 rings (SSSR count). The van der Waals surface area contributed by atoms with E-state index in [0.717, 1.165) is 23.0 Å². The molecule has 1 aliphatic rings. The summed E-state index contributed by atoms with van der Waals surface area (Å²) in [6.45, 7) is 4.78. The van der Waals surface area contributed by atoms with Crippen LogP contribution in [-0.4, -0.2) is 25.8 Å². The van der Waals surface area contributed by atoms with Crippen LogP contribution in [0.1, 0.15) is 35.3 Å². The van der Waals surface area contributed by atoms with Gasteiger partial charge in [-0.1, -0.05) is 24.3 Å². The summed E-state index contributed by atoms with van der Waals surface area (Å²) in [6.07, 6.45) is 3.82. The second-order valence-electron chi connectivity index (χ2n) is 8.52. The van der Waals surface area contributed by atoms with Gasteiger partial charge in [0.15, 0.2) is 11.6 Å². The lowest BCUT2D eigenvalue weighted by atomic mass is 9.76. The third-order valence-electron chi connectivity index (χ3n) is 6.31. The van der Waals surface area contributed by atoms with E-state index in [1.54, 1.807) is 43.7 Å². The number of likely N-dealkylation sites (N-methyl/N-ethyl adjacent to an activating group) is 1. The molecular formula is C28H27F2N3O2. The molecule has 0 saturated carbocycles. The van der Waals surface area contributed by atoms with E-state index in [2.05, 4.69) is 22.4 Å². The fraction of sp³-hybridized carbons (Fsp3) is 0.214. The average Bonchev–Trinajstić information content (AvgIpc) is 3.10. The lowest BCUT2D eigenvalue weighted by molar-refractivity contribution is 0.0955. The Kier molecular flexibility index (Phi) is 6.96. The molecule has 3 aromatic carbocycles. The zero-order valence-electron chi connectivity index (χ0n) is 19.9. The van der Waals surface area contributed by atoms with Crippen molar-refractivity contribution in [1.29, 1.82) is 0 Å². The third kappa shape index (κ3) is 4.80. The lowest BCUT2D eigenvalue weighted by Crippen LogP contribution is -2.31. The molecule has 0 spiro atoms. The first kappa shape index (κ1) is 24.1. The highest BCUT2D eigenvalue weighted by Crippen LogP contribution is 2.50. The summed E-state index contributed by atoms with van der Waals surface area (Å²) in [5.74, 6) is -1.35. The van der Waals surface area contributed by atoms with Crippen LogP contribution in [0.15, 0.2) is 83.6 Å². The van der Waals surface area contributed by atoms with E-state index in [-0.39, 0.29) is 5.91 Å². The molecule has 1 N–H and O–H groups in total. The number of benzene rings is 3. The lowest BCUT2D eigenvalue weighted by Gasteiger charge is -2.30. The first-order valence-corrected chi connectivity index (χ1v) is 11.4. The number of carbonyl (C=O) groups excluding carboxylic acids is 1. The number of halogens is 2. The normalized spacial score (nSPS) is 18.2. The van der Waals surface area contributed by atoms with E-state index in [0.29, 0.717) is 29.8 Å². The Hall–Kier alpha value is -4.00. The molecule has 7 heteroatoms. The Bertz CT molecular complexity index is 1290. The van der Waals surface area contributed by atoms with Crippen molar-refractivity contribution in [2.75, 3.05) is 18.6 Å². The summed E-state index contributed by atoms with van der Waals surface area (Å²) in [5.41, 5.74) is 6.07. The molecule has 35 heavy (non-hydrogen) atoms. The van der Waals surface area contributed by atoms with E-state index in [1.165, 1.54) is 6.07 Å². The van der Waals surface area contributed by atoms with Crippen LogP contribution in [0.4, 0.5) is 14.5 Å². The summed E-state index contributed by atoms with van der Waals surface area (Å²) in [5, 5.41) is 4.11. The zero-order valence-corrected chi connectivity index (χ0v) is 19.9. The number of anilines is 1. The van der Waals surface area contributed by atoms with Crippen LogP contribution in [0, 0.1) is 11.6 Å². The van der Waals surface area contributed by atoms with Gasteiger partial charge in [0.25, 0.3) is 5.91 Å². The molecule has 0 aromatic heterocycles. The Morgan fingerprint density at radius 3 is 2.54 bits per heavy atom. The number of rotatable bonds is 7. The monoisotopic (exact) mass is 475 g/mol. The third-order valence-corrected chi connectivity index (χ3v) is 6.31. The predicted molar refractivity (Wildman–Crippen MR) is 134 cm³/mol. The van der Waals surface area contributed by atoms with Crippen molar-refractivity contribution < 1.29 is 18.3 Å². The molecule has 0 aliphatic carbocycles. The second-order valence-corrected chi connectivity index (χ2v) is 8.52. The van der Waals surface area contributed by atoms with Crippen LogP contribution < -0.4 is 15.1 Å². The largest absolute Gasteiger partial charge is 0.497 e. The molecule has 5 nitrogen and oxygen atoms in total. The first-order valence-electron chi connectivity index (χ1n) is 11.4. The second kappa shape index (κ2) is 10.1. The standard InChI is InChI=1S/C28H27F2N3O2/c1-4-33-25-13-11-21(35-3)17-22(25)28(2,18-19-10-12-23(29)24(30)16-19)26(33)14-15-31-32-27(34)20-8-6-5-7-9-20/h5-17H,4,18H2,1-3H3,(H,32,34)/b26-14-,31-15+. The zero-order chi connectivity index (χ0) is 25.0. The van der Waals surface area contributed by atoms with Gasteiger partial charge in [0.2, 0.25) is 0 Å². The van der Waals surface area contributed by atoms with Crippen LogP contribution in [0.5, 0.6) is 5.75 Å². The summed E-state index contributed by atoms with van der Waals surface area (Å²) < 4.78 is 33.1. The highest BCUT2D eigenvalue weighted by atomic mass is 19.2. The molecule has 1 atom stereocenters. The molecular weight excluding hydrogens is 448 g/mol. The number of ether oxygens (including phenoxy) is 1. The molecule has 1 unspecified atom stereocenters. The quantitative estimate of drug-likeness (QED) is 0.357. The van der Waals surface area contributed by atoms with Crippen molar-refractivity contribution in [2.45, 2.75) is 25.7 Å². The maximum Gasteiger partial charge on any atom is 0.271 e. The summed E-state index contributed by atoms with van der Waals surface area (Å²) >= 11 is 0. The van der Waals surface area contributed by atoms with Crippen LogP contribution in [0.2, 0.25) is 0 Å². The van der Waals surface area contributed by atoms with Gasteiger partial charge < -0.3 is 9.64 Å². The fourth-order valence-corrected chi connectivity index (χ4v) is 4.60. The first-order chi connectivity index (χ1) is 16.9. The highest BCUT2D eigenvalue weighted by molar-refractivity contribution is 5.94. The van der Waals surface area contributed by atoms with Crippen molar-refractivity contribution in [3.8, 4) is 5.75 Å². The molecule has 0 fully saturated rings. The van der Waals surface area contributed by atoms with E-state index in [4.69, 9.17) is 4.74 Å². The fourth-order valence-electron chi connectivity index (χ4n) is 4.60. The smallest absolute Gasteiger partial charge is 0.271 e. The van der Waals surface area contributed by atoms with Crippen LogP contribution >= 0.6 is 0 Å². The van der Waals surface area contributed by atoms with E-state index >= 15 is 0 Å². The number of nitrogens with one attached hydrogen (secondary N) is 1. The van der Waals surface area contributed by atoms with Crippen LogP contribution in [-0.2, 0) is 11.8 Å². The number of hydrogen-bond donors (Lipinski definition) is 1. The molecule has 1 heterocycles. The average molecular weight is 476 g/mol. The van der Waals surface area contributed by atoms with Crippen molar-refractivity contribution >= 4 is 17.8 Å². The van der Waals surface area contributed by atoms with Gasteiger partial charge in [-0.05, 0) is 79.9 Å². The topological polar surface area (TPSA) is 53.9 Å². The van der Waals surface area contributed by atoms with Gasteiger partial charge in [-0.3, -0.25) is 4.79 Å². The number of nitrogens with zero attached hydrogens (tertiary/aromatic N) is 2. The molecule has 0 radical (unpaired) electrons. The van der Waals surface area contributed by atoms with Gasteiger partial charge in [0.05, 0.1) is 7.11 Å². The summed E-state index contributed by atoms with van der Waals surface area (Å²) in [4.78, 5) is 14.5. The van der Waals surface area contributed by atoms with Crippen molar-refractivity contribution in [3.63, 3.8) is 0 Å². The molecule has 1 aliphatic heterocycles. The Morgan fingerprint density at radius 2 is 1.86 bits per heavy atom. The number of hydrazone groups is 1. The maximum absolute atomic E-state index is 14.0. The molecule has 3 aromatic rings. The van der Waals surface area contributed by atoms with Gasteiger partial charge >= 0.3 is 0 Å². The Labute approximate surface area is 203 Å². The minimum atomic E-state index is -0.877. The molecule has 0 saturated heterocycles. The van der Waals surface area contributed by atoms with Gasteiger partial charge in [-0.15, -0.1) is 0 Å². The van der Waals surface area contributed by atoms with E-state index < -0.39 is 17.0 Å². The maximum atomic E-state index is 14.0. The van der Waals surface area contributed by atoms with Gasteiger partial charge in [0, 0.05) is 35.1 Å². The highest BCUT2D eigenvalue weighted by Gasteiger charge is 2.43. The van der Waals surface area contributed by atoms with Crippen molar-refractivity contribution in [2.24, 2.45) is 5.10 Å². The number of methoxy groups -OCH3 is 1. The van der Waals surface area contributed by atoms with Crippen molar-refractivity contribution in [1.82, 2.24) is 5.43 Å². The molecule has 1 amide bonds. The van der Waals surface area contributed by atoms with E-state index in [9.17, 15) is 13.6 Å². The number of hydrogen-bond acceptors (Lipinski definition) is 4. The van der Waals surface area contributed by atoms with Gasteiger partial charge in [-0.2, -0.15) is 5.10 Å². The minimum Gasteiger partial charge on any atom is -0.497 e. The van der Waals surface area contributed by atoms with Crippen molar-refractivity contribution in [3.05, 3.63) is 107 Å². The predicted octanol–water partition coefficient (Wildman–Crippen LogP) is 5.61. The molecule has 180 valence electrons. The van der Waals surface area contributed by atoms with Gasteiger partial charge in [-0.25, -0.2) is 14.2 Å². The number of carbonyl (C=O) groups is 1. The molecule has 0 bridgehead atoms.